The van der Waals surface area contributed by atoms with Gasteiger partial charge in [0.1, 0.15) is 18.0 Å². The first kappa shape index (κ1) is 32.8. The Kier molecular flexibility index (Phi) is 10.6. The average Bonchev–Trinajstić information content (AvgIpc) is 2.89. The molecule has 6 amide bonds. The first-order valence-electron chi connectivity index (χ1n) is 14.5. The van der Waals surface area contributed by atoms with E-state index in [-0.39, 0.29) is 68.6 Å². The Morgan fingerprint density at radius 3 is 2.17 bits per heavy atom. The second kappa shape index (κ2) is 13.5. The van der Waals surface area contributed by atoms with Gasteiger partial charge in [0.25, 0.3) is 0 Å². The van der Waals surface area contributed by atoms with Gasteiger partial charge in [-0.1, -0.05) is 13.3 Å². The Balaban J connectivity index is 1.81. The summed E-state index contributed by atoms with van der Waals surface area (Å²) in [5.41, 5.74) is 3.46. The standard InChI is InChI=1S/C28H41N5O9/c1-3-16(4-5-18(35)11-22(38)39)6-8-27-19(12-21(37)31-24(27)40)28(23(27)32-26(42)33-25(28)41)9-7-17(13-29)14-30-20(36)10-15(2)34/h16-17,19,23H,3-14,29H2,1-2H3,(H,30,36)(H,38,39)(H,31,37,40)(H2,32,33,41,42). The third-order valence-corrected chi connectivity index (χ3v) is 9.28. The van der Waals surface area contributed by atoms with Gasteiger partial charge in [-0.05, 0) is 57.4 Å². The molecule has 0 aromatic rings. The molecule has 3 rings (SSSR count). The number of hydrogen-bond acceptors (Lipinski definition) is 9. The molecule has 1 aliphatic carbocycles. The quantitative estimate of drug-likeness (QED) is 0.0973. The number of piperidine rings is 1. The monoisotopic (exact) mass is 591 g/mol. The van der Waals surface area contributed by atoms with E-state index in [1.54, 1.807) is 0 Å². The summed E-state index contributed by atoms with van der Waals surface area (Å²) in [6.45, 7) is 3.57. The maximum absolute atomic E-state index is 13.5. The van der Waals surface area contributed by atoms with Gasteiger partial charge in [-0.2, -0.15) is 0 Å². The van der Waals surface area contributed by atoms with Crippen molar-refractivity contribution in [2.75, 3.05) is 13.1 Å². The molecule has 0 radical (unpaired) electrons. The SMILES string of the molecule is CCC(CCC(=O)CC(=O)O)CCC12C(=O)NC(=O)CC1C1(CCC(CN)CNC(=O)CC(C)=O)C(=O)NC(=O)NC21. The minimum atomic E-state index is -1.25. The summed E-state index contributed by atoms with van der Waals surface area (Å²) in [7, 11) is 0. The Bertz CT molecular complexity index is 1060. The molecule has 0 bridgehead atoms. The van der Waals surface area contributed by atoms with Crippen LogP contribution < -0.4 is 27.0 Å². The summed E-state index contributed by atoms with van der Waals surface area (Å²) in [6.07, 6.45) is 1.54. The smallest absolute Gasteiger partial charge is 0.321 e. The van der Waals surface area contributed by atoms with Gasteiger partial charge >= 0.3 is 12.0 Å². The highest BCUT2D eigenvalue weighted by molar-refractivity contribution is 6.09. The fourth-order valence-corrected chi connectivity index (χ4v) is 7.07. The number of carboxylic acid groups (broad SMARTS) is 1. The average molecular weight is 592 g/mol. The number of nitrogens with two attached hydrogens (primary N) is 1. The largest absolute Gasteiger partial charge is 0.481 e. The molecule has 2 aliphatic heterocycles. The lowest BCUT2D eigenvalue weighted by Crippen LogP contribution is -2.86. The summed E-state index contributed by atoms with van der Waals surface area (Å²) in [5, 5.41) is 19.0. The van der Waals surface area contributed by atoms with E-state index in [4.69, 9.17) is 10.8 Å². The molecule has 232 valence electrons. The van der Waals surface area contributed by atoms with Crippen LogP contribution in [0.3, 0.4) is 0 Å². The maximum atomic E-state index is 13.5. The Labute approximate surface area is 243 Å². The van der Waals surface area contributed by atoms with E-state index >= 15 is 0 Å². The number of aliphatic carboxylic acids is 1. The van der Waals surface area contributed by atoms with Crippen LogP contribution in [0.1, 0.15) is 78.1 Å². The van der Waals surface area contributed by atoms with Gasteiger partial charge < -0.3 is 21.5 Å². The van der Waals surface area contributed by atoms with Crippen LogP contribution in [0, 0.1) is 28.6 Å². The number of carbonyl (C=O) groups is 8. The molecule has 0 aromatic carbocycles. The van der Waals surface area contributed by atoms with E-state index in [0.717, 1.165) is 0 Å². The Morgan fingerprint density at radius 2 is 1.60 bits per heavy atom. The van der Waals surface area contributed by atoms with E-state index < -0.39 is 64.8 Å². The number of hydrogen-bond donors (Lipinski definition) is 6. The van der Waals surface area contributed by atoms with Crippen LogP contribution in [0.2, 0.25) is 0 Å². The number of rotatable bonds is 17. The van der Waals surface area contributed by atoms with Crippen molar-refractivity contribution in [3.63, 3.8) is 0 Å². The lowest BCUT2D eigenvalue weighted by molar-refractivity contribution is -0.206. The lowest BCUT2D eigenvalue weighted by Gasteiger charge is -2.69. The topological polar surface area (TPSA) is 231 Å². The van der Waals surface area contributed by atoms with Crippen LogP contribution in [0.25, 0.3) is 0 Å². The summed E-state index contributed by atoms with van der Waals surface area (Å²) in [6, 6.07) is -1.62. The highest BCUT2D eigenvalue weighted by Crippen LogP contribution is 2.67. The van der Waals surface area contributed by atoms with Gasteiger partial charge in [0, 0.05) is 25.3 Å². The molecular weight excluding hydrogens is 550 g/mol. The summed E-state index contributed by atoms with van der Waals surface area (Å²) in [4.78, 5) is 98.1. The molecule has 1 saturated carbocycles. The fourth-order valence-electron chi connectivity index (χ4n) is 7.07. The van der Waals surface area contributed by atoms with Crippen molar-refractivity contribution in [1.82, 2.24) is 21.3 Å². The molecule has 0 aromatic heterocycles. The zero-order valence-electron chi connectivity index (χ0n) is 24.1. The number of imide groups is 2. The molecule has 3 aliphatic rings. The van der Waals surface area contributed by atoms with Gasteiger partial charge in [0.05, 0.1) is 23.3 Å². The van der Waals surface area contributed by atoms with E-state index in [1.807, 2.05) is 6.92 Å². The molecule has 6 unspecified atom stereocenters. The van der Waals surface area contributed by atoms with Gasteiger partial charge in [-0.3, -0.25) is 44.2 Å². The van der Waals surface area contributed by atoms with Crippen molar-refractivity contribution >= 4 is 47.2 Å². The molecule has 14 heteroatoms. The van der Waals surface area contributed by atoms with Gasteiger partial charge in [-0.15, -0.1) is 0 Å². The summed E-state index contributed by atoms with van der Waals surface area (Å²) >= 11 is 0. The van der Waals surface area contributed by atoms with E-state index in [2.05, 4.69) is 21.3 Å². The van der Waals surface area contributed by atoms with Crippen molar-refractivity contribution in [1.29, 1.82) is 0 Å². The van der Waals surface area contributed by atoms with E-state index in [9.17, 15) is 38.4 Å². The van der Waals surface area contributed by atoms with Crippen LogP contribution in [0.4, 0.5) is 4.79 Å². The summed E-state index contributed by atoms with van der Waals surface area (Å²) < 4.78 is 0. The molecule has 7 N–H and O–H groups in total. The molecule has 6 atom stereocenters. The first-order chi connectivity index (χ1) is 19.8. The van der Waals surface area contributed by atoms with Gasteiger partial charge in [0.15, 0.2) is 0 Å². The zero-order chi connectivity index (χ0) is 31.2. The van der Waals surface area contributed by atoms with Gasteiger partial charge in [-0.25, -0.2) is 4.79 Å². The number of nitrogens with one attached hydrogen (secondary N) is 4. The molecule has 42 heavy (non-hydrogen) atoms. The third-order valence-electron chi connectivity index (χ3n) is 9.28. The van der Waals surface area contributed by atoms with Crippen LogP contribution in [0.15, 0.2) is 0 Å². The van der Waals surface area contributed by atoms with Crippen molar-refractivity contribution in [2.45, 2.75) is 84.1 Å². The van der Waals surface area contributed by atoms with E-state index in [0.29, 0.717) is 25.7 Å². The fraction of sp³-hybridized carbons (Fsp3) is 0.714. The second-order valence-corrected chi connectivity index (χ2v) is 11.9. The number of amides is 6. The van der Waals surface area contributed by atoms with Crippen LogP contribution >= 0.6 is 0 Å². The Hall–Kier alpha value is -3.68. The predicted molar refractivity (Wildman–Crippen MR) is 146 cm³/mol. The molecule has 3 fully saturated rings. The van der Waals surface area contributed by atoms with Crippen molar-refractivity contribution in [3.05, 3.63) is 0 Å². The second-order valence-electron chi connectivity index (χ2n) is 11.9. The minimum Gasteiger partial charge on any atom is -0.481 e. The number of carboxylic acids is 1. The van der Waals surface area contributed by atoms with Crippen LogP contribution in [-0.4, -0.2) is 71.4 Å². The highest BCUT2D eigenvalue weighted by atomic mass is 16.4. The summed E-state index contributed by atoms with van der Waals surface area (Å²) in [5.74, 6) is -4.91. The predicted octanol–water partition coefficient (Wildman–Crippen LogP) is -0.0757. The normalized spacial score (nSPS) is 27.7. The van der Waals surface area contributed by atoms with E-state index in [1.165, 1.54) is 6.92 Å². The highest BCUT2D eigenvalue weighted by Gasteiger charge is 2.79. The van der Waals surface area contributed by atoms with Crippen molar-refractivity contribution < 1.29 is 43.5 Å². The molecule has 2 saturated heterocycles. The third kappa shape index (κ3) is 6.69. The van der Waals surface area contributed by atoms with Crippen molar-refractivity contribution in [3.8, 4) is 0 Å². The molecular formula is C28H41N5O9. The van der Waals surface area contributed by atoms with Crippen molar-refractivity contribution in [2.24, 2.45) is 34.3 Å². The Morgan fingerprint density at radius 1 is 0.976 bits per heavy atom. The molecule has 2 heterocycles. The lowest BCUT2D eigenvalue weighted by atomic mass is 9.36. The first-order valence-corrected chi connectivity index (χ1v) is 14.5. The zero-order valence-corrected chi connectivity index (χ0v) is 24.1. The number of ketones is 2. The number of carbonyl (C=O) groups excluding carboxylic acids is 7. The van der Waals surface area contributed by atoms with Crippen LogP contribution in [-0.2, 0) is 33.6 Å². The minimum absolute atomic E-state index is 0.0217. The number of fused-ring (bicyclic) bond motifs is 4. The molecule has 0 spiro atoms. The van der Waals surface area contributed by atoms with Gasteiger partial charge in [0.2, 0.25) is 23.6 Å². The number of Topliss-reactive ketones (excluding diaryl/α,β-unsaturated/α-hetero) is 2. The number of urea groups is 1. The molecule has 14 nitrogen and oxygen atoms in total. The maximum Gasteiger partial charge on any atom is 0.321 e. The van der Waals surface area contributed by atoms with Crippen LogP contribution in [0.5, 0.6) is 0 Å².